The average molecular weight is 226 g/mol. The summed E-state index contributed by atoms with van der Waals surface area (Å²) in [5, 5.41) is 26.3. The van der Waals surface area contributed by atoms with E-state index in [1.807, 2.05) is 0 Å². The van der Waals surface area contributed by atoms with E-state index in [9.17, 15) is 4.79 Å². The summed E-state index contributed by atoms with van der Waals surface area (Å²) < 4.78 is 0. The largest absolute Gasteiger partial charge is 0.481 e. The van der Waals surface area contributed by atoms with E-state index in [1.165, 1.54) is 0 Å². The Balaban J connectivity index is 4.11. The number of rotatable bonds is 6. The molecule has 0 heterocycles. The normalized spacial score (nSPS) is 15.8. The minimum atomic E-state index is -1.51. The molecule has 0 aliphatic carbocycles. The molecule has 78 valence electrons. The Morgan fingerprint density at radius 2 is 1.77 bits per heavy atom. The molecule has 0 fully saturated rings. The molecule has 2 atom stereocenters. The van der Waals surface area contributed by atoms with Crippen LogP contribution in [-0.2, 0) is 4.79 Å². The van der Waals surface area contributed by atoms with E-state index in [2.05, 4.69) is 25.3 Å². The van der Waals surface area contributed by atoms with Crippen molar-refractivity contribution < 1.29 is 20.1 Å². The predicted octanol–water partition coefficient (Wildman–Crippen LogP) is -0.136. The van der Waals surface area contributed by atoms with Gasteiger partial charge in [-0.15, -0.1) is 0 Å². The Morgan fingerprint density at radius 1 is 1.23 bits per heavy atom. The molecule has 0 saturated heterocycles. The van der Waals surface area contributed by atoms with Gasteiger partial charge in [0, 0.05) is 11.7 Å². The second kappa shape index (κ2) is 6.53. The standard InChI is InChI=1S/C7H14O4S2/c8-6(9)4(2-12)1-5(3-13)7(10)11/h4-6,8-9,12-13H,1-3H2,(H,10,11). The van der Waals surface area contributed by atoms with Crippen LogP contribution < -0.4 is 0 Å². The molecule has 0 spiro atoms. The van der Waals surface area contributed by atoms with Gasteiger partial charge < -0.3 is 15.3 Å². The van der Waals surface area contributed by atoms with Crippen LogP contribution in [0.5, 0.6) is 0 Å². The Morgan fingerprint density at radius 3 is 2.00 bits per heavy atom. The third-order valence-corrected chi connectivity index (χ3v) is 2.72. The lowest BCUT2D eigenvalue weighted by Crippen LogP contribution is -2.28. The van der Waals surface area contributed by atoms with Gasteiger partial charge >= 0.3 is 5.97 Å². The van der Waals surface area contributed by atoms with Crippen LogP contribution >= 0.6 is 25.3 Å². The lowest BCUT2D eigenvalue weighted by Gasteiger charge is -2.19. The van der Waals surface area contributed by atoms with Gasteiger partial charge in [-0.1, -0.05) is 0 Å². The van der Waals surface area contributed by atoms with Crippen molar-refractivity contribution in [3.8, 4) is 0 Å². The molecule has 0 aliphatic heterocycles. The first-order valence-corrected chi connectivity index (χ1v) is 5.10. The molecule has 0 saturated carbocycles. The zero-order chi connectivity index (χ0) is 10.4. The van der Waals surface area contributed by atoms with Crippen molar-refractivity contribution in [1.82, 2.24) is 0 Å². The van der Waals surface area contributed by atoms with Gasteiger partial charge in [-0.2, -0.15) is 25.3 Å². The maximum absolute atomic E-state index is 10.6. The van der Waals surface area contributed by atoms with Crippen LogP contribution in [0.1, 0.15) is 6.42 Å². The van der Waals surface area contributed by atoms with Gasteiger partial charge in [0.05, 0.1) is 5.92 Å². The van der Waals surface area contributed by atoms with Crippen LogP contribution in [0, 0.1) is 11.8 Å². The molecular formula is C7H14O4S2. The van der Waals surface area contributed by atoms with Crippen LogP contribution in [0.15, 0.2) is 0 Å². The Labute approximate surface area is 87.8 Å². The molecule has 0 aliphatic rings. The van der Waals surface area contributed by atoms with Crippen molar-refractivity contribution in [1.29, 1.82) is 0 Å². The topological polar surface area (TPSA) is 77.8 Å². The fraction of sp³-hybridized carbons (Fsp3) is 0.857. The number of thiol groups is 2. The predicted molar refractivity (Wildman–Crippen MR) is 55.2 cm³/mol. The van der Waals surface area contributed by atoms with Gasteiger partial charge in [-0.3, -0.25) is 4.79 Å². The molecule has 0 aromatic heterocycles. The lowest BCUT2D eigenvalue weighted by molar-refractivity contribution is -0.142. The SMILES string of the molecule is O=C(O)C(CS)CC(CS)C(O)O. The zero-order valence-corrected chi connectivity index (χ0v) is 8.79. The first-order valence-electron chi connectivity index (χ1n) is 3.83. The van der Waals surface area contributed by atoms with Crippen molar-refractivity contribution in [3.63, 3.8) is 0 Å². The summed E-state index contributed by atoms with van der Waals surface area (Å²) in [4.78, 5) is 10.6. The average Bonchev–Trinajstić information content (AvgIpc) is 2.05. The van der Waals surface area contributed by atoms with E-state index in [1.54, 1.807) is 0 Å². The van der Waals surface area contributed by atoms with Crippen molar-refractivity contribution in [2.75, 3.05) is 11.5 Å². The van der Waals surface area contributed by atoms with Crippen molar-refractivity contribution >= 4 is 31.2 Å². The Hall–Kier alpha value is 0.0900. The number of aliphatic carboxylic acids is 1. The van der Waals surface area contributed by atoms with Crippen LogP contribution in [0.25, 0.3) is 0 Å². The summed E-state index contributed by atoms with van der Waals surface area (Å²) in [7, 11) is 0. The molecule has 3 N–H and O–H groups in total. The molecule has 0 aromatic rings. The van der Waals surface area contributed by atoms with Gasteiger partial charge in [-0.25, -0.2) is 0 Å². The van der Waals surface area contributed by atoms with Crippen LogP contribution in [-0.4, -0.2) is 39.1 Å². The van der Waals surface area contributed by atoms with Crippen LogP contribution in [0.4, 0.5) is 0 Å². The van der Waals surface area contributed by atoms with Crippen LogP contribution in [0.3, 0.4) is 0 Å². The van der Waals surface area contributed by atoms with Crippen molar-refractivity contribution in [3.05, 3.63) is 0 Å². The number of hydrogen-bond donors (Lipinski definition) is 5. The van der Waals surface area contributed by atoms with Gasteiger partial charge in [0.15, 0.2) is 6.29 Å². The molecule has 0 rings (SSSR count). The number of carbonyl (C=O) groups is 1. The van der Waals surface area contributed by atoms with E-state index >= 15 is 0 Å². The third-order valence-electron chi connectivity index (χ3n) is 1.81. The first-order chi connectivity index (χ1) is 6.02. The lowest BCUT2D eigenvalue weighted by atomic mass is 9.97. The number of aliphatic hydroxyl groups excluding tert-OH is 1. The second-order valence-corrected chi connectivity index (χ2v) is 3.54. The second-order valence-electron chi connectivity index (χ2n) is 2.81. The first kappa shape index (κ1) is 13.1. The van der Waals surface area contributed by atoms with E-state index in [0.29, 0.717) is 0 Å². The molecular weight excluding hydrogens is 212 g/mol. The van der Waals surface area contributed by atoms with E-state index in [4.69, 9.17) is 15.3 Å². The highest BCUT2D eigenvalue weighted by atomic mass is 32.1. The molecule has 0 radical (unpaired) electrons. The summed E-state index contributed by atoms with van der Waals surface area (Å²) in [6, 6.07) is 0. The summed E-state index contributed by atoms with van der Waals surface area (Å²) in [6.45, 7) is 0. The quantitative estimate of drug-likeness (QED) is 0.323. The fourth-order valence-corrected chi connectivity index (χ4v) is 1.55. The zero-order valence-electron chi connectivity index (χ0n) is 7.00. The maximum Gasteiger partial charge on any atom is 0.307 e. The summed E-state index contributed by atoms with van der Waals surface area (Å²) in [5.41, 5.74) is 0. The number of hydrogen-bond acceptors (Lipinski definition) is 5. The monoisotopic (exact) mass is 226 g/mol. The third kappa shape index (κ3) is 4.75. The highest BCUT2D eigenvalue weighted by molar-refractivity contribution is 7.80. The minimum Gasteiger partial charge on any atom is -0.481 e. The van der Waals surface area contributed by atoms with E-state index < -0.39 is 24.1 Å². The van der Waals surface area contributed by atoms with Gasteiger partial charge in [-0.05, 0) is 12.2 Å². The molecule has 0 amide bonds. The van der Waals surface area contributed by atoms with Crippen molar-refractivity contribution in [2.24, 2.45) is 11.8 Å². The Kier molecular flexibility index (Phi) is 6.58. The van der Waals surface area contributed by atoms with E-state index in [-0.39, 0.29) is 17.9 Å². The molecule has 0 aromatic carbocycles. The summed E-state index contributed by atoms with van der Waals surface area (Å²) in [5.74, 6) is -1.71. The molecule has 2 unspecified atom stereocenters. The molecule has 13 heavy (non-hydrogen) atoms. The number of aliphatic hydroxyl groups is 2. The molecule has 6 heteroatoms. The van der Waals surface area contributed by atoms with Gasteiger partial charge in [0.2, 0.25) is 0 Å². The summed E-state index contributed by atoms with van der Waals surface area (Å²) in [6.07, 6.45) is -1.33. The summed E-state index contributed by atoms with van der Waals surface area (Å²) >= 11 is 7.77. The molecule has 4 nitrogen and oxygen atoms in total. The minimum absolute atomic E-state index is 0.181. The van der Waals surface area contributed by atoms with E-state index in [0.717, 1.165) is 0 Å². The Bertz CT molecular complexity index is 163. The number of carboxylic acids is 1. The highest BCUT2D eigenvalue weighted by Gasteiger charge is 2.24. The smallest absolute Gasteiger partial charge is 0.307 e. The maximum atomic E-state index is 10.6. The number of carboxylic acid groups (broad SMARTS) is 1. The fourth-order valence-electron chi connectivity index (χ4n) is 0.909. The van der Waals surface area contributed by atoms with Crippen molar-refractivity contribution in [2.45, 2.75) is 12.7 Å². The molecule has 0 bridgehead atoms. The van der Waals surface area contributed by atoms with Gasteiger partial charge in [0.25, 0.3) is 0 Å². The highest BCUT2D eigenvalue weighted by Crippen LogP contribution is 2.18. The van der Waals surface area contributed by atoms with Crippen LogP contribution in [0.2, 0.25) is 0 Å². The van der Waals surface area contributed by atoms with Gasteiger partial charge in [0.1, 0.15) is 0 Å².